The molecular weight excluding hydrogens is 258 g/mol. The first-order valence-electron chi connectivity index (χ1n) is 4.94. The molecule has 2 aromatic heterocycles. The van der Waals surface area contributed by atoms with Gasteiger partial charge in [0.05, 0.1) is 16.4 Å². The van der Waals surface area contributed by atoms with Gasteiger partial charge in [-0.1, -0.05) is 0 Å². The third-order valence-corrected chi connectivity index (χ3v) is 3.71. The fraction of sp³-hybridized carbons (Fsp3) is 0.300. The molecule has 17 heavy (non-hydrogen) atoms. The first-order valence-corrected chi connectivity index (χ1v) is 6.70. The lowest BCUT2D eigenvalue weighted by Gasteiger charge is -1.98. The van der Waals surface area contributed by atoms with E-state index in [1.54, 1.807) is 16.7 Å². The SMILES string of the molecule is Cc1nc(CNCc2csc(C(=O)O)n2)cs1. The fourth-order valence-electron chi connectivity index (χ4n) is 1.29. The van der Waals surface area contributed by atoms with Gasteiger partial charge < -0.3 is 10.4 Å². The molecule has 90 valence electrons. The lowest BCUT2D eigenvalue weighted by molar-refractivity contribution is 0.0696. The van der Waals surface area contributed by atoms with Gasteiger partial charge in [0.15, 0.2) is 0 Å². The topological polar surface area (TPSA) is 75.1 Å². The number of carboxylic acids is 1. The van der Waals surface area contributed by atoms with Crippen molar-refractivity contribution in [3.8, 4) is 0 Å². The highest BCUT2D eigenvalue weighted by Gasteiger charge is 2.08. The predicted molar refractivity (Wildman–Crippen MR) is 66.5 cm³/mol. The summed E-state index contributed by atoms with van der Waals surface area (Å²) in [6.07, 6.45) is 0. The number of hydrogen-bond acceptors (Lipinski definition) is 6. The Hall–Kier alpha value is -1.31. The van der Waals surface area contributed by atoms with Gasteiger partial charge in [-0.05, 0) is 6.92 Å². The molecule has 0 atom stereocenters. The van der Waals surface area contributed by atoms with Crippen LogP contribution in [0.3, 0.4) is 0 Å². The predicted octanol–water partition coefficient (Wildman–Crippen LogP) is 1.90. The van der Waals surface area contributed by atoms with Crippen molar-refractivity contribution in [2.24, 2.45) is 0 Å². The smallest absolute Gasteiger partial charge is 0.365 e. The number of aromatic nitrogens is 2. The Labute approximate surface area is 106 Å². The molecule has 7 heteroatoms. The fourth-order valence-corrected chi connectivity index (χ4v) is 2.56. The van der Waals surface area contributed by atoms with E-state index in [9.17, 15) is 4.79 Å². The van der Waals surface area contributed by atoms with E-state index in [0.29, 0.717) is 13.1 Å². The zero-order valence-electron chi connectivity index (χ0n) is 9.14. The van der Waals surface area contributed by atoms with E-state index in [1.807, 2.05) is 12.3 Å². The summed E-state index contributed by atoms with van der Waals surface area (Å²) in [5, 5.41) is 16.8. The summed E-state index contributed by atoms with van der Waals surface area (Å²) in [6, 6.07) is 0. The van der Waals surface area contributed by atoms with Gasteiger partial charge in [0.1, 0.15) is 0 Å². The highest BCUT2D eigenvalue weighted by Crippen LogP contribution is 2.10. The Morgan fingerprint density at radius 1 is 1.29 bits per heavy atom. The minimum absolute atomic E-state index is 0.131. The van der Waals surface area contributed by atoms with E-state index in [0.717, 1.165) is 27.7 Å². The molecule has 0 amide bonds. The van der Waals surface area contributed by atoms with Crippen LogP contribution in [-0.4, -0.2) is 21.0 Å². The third kappa shape index (κ3) is 3.32. The normalized spacial score (nSPS) is 10.6. The van der Waals surface area contributed by atoms with Crippen LogP contribution in [0, 0.1) is 6.92 Å². The summed E-state index contributed by atoms with van der Waals surface area (Å²) in [5.41, 5.74) is 1.75. The number of aryl methyl sites for hydroxylation is 1. The molecule has 2 N–H and O–H groups in total. The molecule has 2 heterocycles. The van der Waals surface area contributed by atoms with Crippen LogP contribution in [0.15, 0.2) is 10.8 Å². The van der Waals surface area contributed by atoms with E-state index < -0.39 is 5.97 Å². The van der Waals surface area contributed by atoms with Crippen LogP contribution >= 0.6 is 22.7 Å². The third-order valence-electron chi connectivity index (χ3n) is 2.01. The van der Waals surface area contributed by atoms with Gasteiger partial charge in [-0.3, -0.25) is 0 Å². The molecular formula is C10H11N3O2S2. The summed E-state index contributed by atoms with van der Waals surface area (Å²) >= 11 is 2.76. The number of rotatable bonds is 5. The van der Waals surface area contributed by atoms with Crippen LogP contribution in [0.25, 0.3) is 0 Å². The number of hydrogen-bond donors (Lipinski definition) is 2. The maximum Gasteiger partial charge on any atom is 0.365 e. The zero-order valence-corrected chi connectivity index (χ0v) is 10.8. The van der Waals surface area contributed by atoms with Gasteiger partial charge in [0, 0.05) is 23.8 Å². The van der Waals surface area contributed by atoms with Crippen LogP contribution < -0.4 is 5.32 Å². The van der Waals surface area contributed by atoms with Crippen molar-refractivity contribution in [1.29, 1.82) is 0 Å². The van der Waals surface area contributed by atoms with Crippen molar-refractivity contribution in [2.45, 2.75) is 20.0 Å². The minimum atomic E-state index is -0.976. The van der Waals surface area contributed by atoms with Gasteiger partial charge in [0.2, 0.25) is 5.01 Å². The van der Waals surface area contributed by atoms with Crippen LogP contribution in [0.5, 0.6) is 0 Å². The van der Waals surface area contributed by atoms with Gasteiger partial charge >= 0.3 is 5.97 Å². The Morgan fingerprint density at radius 2 is 1.94 bits per heavy atom. The maximum absolute atomic E-state index is 10.6. The molecule has 0 fully saturated rings. The molecule has 5 nitrogen and oxygen atoms in total. The molecule has 0 unspecified atom stereocenters. The molecule has 0 saturated heterocycles. The Kier molecular flexibility index (Phi) is 3.82. The molecule has 0 aliphatic heterocycles. The summed E-state index contributed by atoms with van der Waals surface area (Å²) in [6.45, 7) is 3.19. The van der Waals surface area contributed by atoms with Crippen molar-refractivity contribution < 1.29 is 9.90 Å². The first kappa shape index (κ1) is 12.2. The molecule has 0 aliphatic carbocycles. The summed E-state index contributed by atoms with van der Waals surface area (Å²) in [5.74, 6) is -0.976. The number of carboxylic acid groups (broad SMARTS) is 1. The Bertz CT molecular complexity index is 521. The van der Waals surface area contributed by atoms with Gasteiger partial charge in [0.25, 0.3) is 0 Å². The molecule has 0 aliphatic rings. The summed E-state index contributed by atoms with van der Waals surface area (Å²) in [4.78, 5) is 18.9. The second kappa shape index (κ2) is 5.35. The van der Waals surface area contributed by atoms with Crippen LogP contribution in [-0.2, 0) is 13.1 Å². The van der Waals surface area contributed by atoms with Gasteiger partial charge in [-0.15, -0.1) is 22.7 Å². The van der Waals surface area contributed by atoms with Crippen molar-refractivity contribution >= 4 is 28.6 Å². The van der Waals surface area contributed by atoms with Crippen LogP contribution in [0.1, 0.15) is 26.2 Å². The lowest BCUT2D eigenvalue weighted by Crippen LogP contribution is -2.13. The number of carbonyl (C=O) groups is 1. The van der Waals surface area contributed by atoms with E-state index >= 15 is 0 Å². The van der Waals surface area contributed by atoms with E-state index in [-0.39, 0.29) is 5.01 Å². The largest absolute Gasteiger partial charge is 0.476 e. The van der Waals surface area contributed by atoms with Crippen molar-refractivity contribution in [3.05, 3.63) is 32.2 Å². The van der Waals surface area contributed by atoms with Gasteiger partial charge in [-0.25, -0.2) is 14.8 Å². The molecule has 0 spiro atoms. The molecule has 2 aromatic rings. The zero-order chi connectivity index (χ0) is 12.3. The lowest BCUT2D eigenvalue weighted by atomic mass is 10.4. The van der Waals surface area contributed by atoms with Gasteiger partial charge in [-0.2, -0.15) is 0 Å². The molecule has 0 bridgehead atoms. The average Bonchev–Trinajstić information content (AvgIpc) is 2.88. The second-order valence-electron chi connectivity index (χ2n) is 3.41. The monoisotopic (exact) mass is 269 g/mol. The molecule has 0 saturated carbocycles. The highest BCUT2D eigenvalue weighted by atomic mass is 32.1. The Balaban J connectivity index is 1.83. The second-order valence-corrected chi connectivity index (χ2v) is 5.33. The number of aromatic carboxylic acids is 1. The summed E-state index contributed by atoms with van der Waals surface area (Å²) in [7, 11) is 0. The minimum Gasteiger partial charge on any atom is -0.476 e. The Morgan fingerprint density at radius 3 is 2.47 bits per heavy atom. The average molecular weight is 269 g/mol. The molecule has 0 radical (unpaired) electrons. The highest BCUT2D eigenvalue weighted by molar-refractivity contribution is 7.11. The summed E-state index contributed by atoms with van der Waals surface area (Å²) < 4.78 is 0. The first-order chi connectivity index (χ1) is 8.15. The number of thiazole rings is 2. The maximum atomic E-state index is 10.6. The van der Waals surface area contributed by atoms with Crippen LogP contribution in [0.2, 0.25) is 0 Å². The van der Waals surface area contributed by atoms with E-state index in [1.165, 1.54) is 0 Å². The molecule has 2 rings (SSSR count). The van der Waals surface area contributed by atoms with Crippen LogP contribution in [0.4, 0.5) is 0 Å². The number of nitrogens with zero attached hydrogens (tertiary/aromatic N) is 2. The molecule has 0 aromatic carbocycles. The standard InChI is InChI=1S/C10H11N3O2S2/c1-6-12-7(4-16-6)2-11-3-8-5-17-9(13-8)10(14)15/h4-5,11H,2-3H2,1H3,(H,14,15). The van der Waals surface area contributed by atoms with Crippen molar-refractivity contribution in [3.63, 3.8) is 0 Å². The van der Waals surface area contributed by atoms with Crippen molar-refractivity contribution in [2.75, 3.05) is 0 Å². The van der Waals surface area contributed by atoms with E-state index in [2.05, 4.69) is 15.3 Å². The number of nitrogens with one attached hydrogen (secondary N) is 1. The van der Waals surface area contributed by atoms with Crippen molar-refractivity contribution in [1.82, 2.24) is 15.3 Å². The quantitative estimate of drug-likeness (QED) is 0.867. The van der Waals surface area contributed by atoms with E-state index in [4.69, 9.17) is 5.11 Å².